The Labute approximate surface area is 172 Å². The van der Waals surface area contributed by atoms with Crippen LogP contribution in [0.4, 0.5) is 10.9 Å². The summed E-state index contributed by atoms with van der Waals surface area (Å²) in [5.74, 6) is 0.777. The molecule has 134 valence electrons. The summed E-state index contributed by atoms with van der Waals surface area (Å²) < 4.78 is 1.01. The van der Waals surface area contributed by atoms with Gasteiger partial charge in [0.25, 0.3) is 0 Å². The van der Waals surface area contributed by atoms with E-state index < -0.39 is 0 Å². The zero-order valence-electron chi connectivity index (χ0n) is 14.7. The second-order valence-electron chi connectivity index (χ2n) is 6.09. The number of pyridine rings is 1. The molecule has 0 aliphatic carbocycles. The number of nitrogens with one attached hydrogen (secondary N) is 1. The third-order valence-electron chi connectivity index (χ3n) is 3.68. The molecule has 0 fully saturated rings. The summed E-state index contributed by atoms with van der Waals surface area (Å²) in [6.07, 6.45) is 1.77. The first-order valence-electron chi connectivity index (χ1n) is 8.17. The molecule has 7 heteroatoms. The van der Waals surface area contributed by atoms with Gasteiger partial charge < -0.3 is 0 Å². The van der Waals surface area contributed by atoms with Crippen molar-refractivity contribution >= 4 is 31.5 Å². The van der Waals surface area contributed by atoms with Crippen LogP contribution in [0.2, 0.25) is 0 Å². The molecule has 1 amide bonds. The van der Waals surface area contributed by atoms with Crippen molar-refractivity contribution in [1.82, 2.24) is 9.97 Å². The zero-order valence-corrected chi connectivity index (χ0v) is 18.5. The molecule has 0 saturated carbocycles. The Morgan fingerprint density at radius 2 is 2.04 bits per heavy atom. The summed E-state index contributed by atoms with van der Waals surface area (Å²) in [6.45, 7) is 4.14. The number of nitrogens with zero attached hydrogens (tertiary/aromatic N) is 3. The van der Waals surface area contributed by atoms with Crippen molar-refractivity contribution in [3.63, 3.8) is 0 Å². The molecule has 2 heterocycles. The van der Waals surface area contributed by atoms with Crippen LogP contribution in [-0.4, -0.2) is 29.0 Å². The van der Waals surface area contributed by atoms with Crippen molar-refractivity contribution < 1.29 is 29.5 Å². The minimum absolute atomic E-state index is 0.0408. The summed E-state index contributed by atoms with van der Waals surface area (Å²) in [7, 11) is 1.77. The summed E-state index contributed by atoms with van der Waals surface area (Å²) in [4.78, 5) is 23.4. The van der Waals surface area contributed by atoms with Gasteiger partial charge in [-0.3, -0.25) is 0 Å². The summed E-state index contributed by atoms with van der Waals surface area (Å²) in [5.41, 5.74) is 2.54. The average Bonchev–Trinajstić information content (AvgIpc) is 3.11. The van der Waals surface area contributed by atoms with Gasteiger partial charge in [0.2, 0.25) is 0 Å². The van der Waals surface area contributed by atoms with Gasteiger partial charge in [-0.15, -0.1) is 0 Å². The second kappa shape index (κ2) is 8.23. The first-order valence-corrected chi connectivity index (χ1v) is 10.5. The van der Waals surface area contributed by atoms with Gasteiger partial charge >= 0.3 is 159 Å². The van der Waals surface area contributed by atoms with Gasteiger partial charge in [0, 0.05) is 0 Å². The number of rotatable bonds is 5. The number of thiazole rings is 1. The Morgan fingerprint density at radius 1 is 1.27 bits per heavy atom. The molecule has 3 aromatic rings. The average molecular weight is 561 g/mol. The van der Waals surface area contributed by atoms with E-state index in [0.29, 0.717) is 11.2 Å². The van der Waals surface area contributed by atoms with Crippen molar-refractivity contribution in [2.24, 2.45) is 0 Å². The number of carbonyl (C=O) groups is 1. The van der Waals surface area contributed by atoms with E-state index >= 15 is 0 Å². The van der Waals surface area contributed by atoms with Gasteiger partial charge in [0.1, 0.15) is 0 Å². The summed E-state index contributed by atoms with van der Waals surface area (Å²) >= 11 is 2.96. The van der Waals surface area contributed by atoms with Crippen molar-refractivity contribution in [2.45, 2.75) is 19.9 Å². The van der Waals surface area contributed by atoms with E-state index in [-0.39, 0.29) is 5.91 Å². The third-order valence-corrected chi connectivity index (χ3v) is 5.88. The molecule has 5 nitrogen and oxygen atoms in total. The number of carbonyl (C=O) groups excluding carboxylic acids is 1. The van der Waals surface area contributed by atoms with Gasteiger partial charge in [0.15, 0.2) is 0 Å². The summed E-state index contributed by atoms with van der Waals surface area (Å²) in [5, 5.41) is 5.94. The van der Waals surface area contributed by atoms with Crippen molar-refractivity contribution in [3.05, 3.63) is 53.5 Å². The monoisotopic (exact) mass is 561 g/mol. The number of aromatic nitrogens is 2. The molecule has 0 aliphatic rings. The molecule has 0 aliphatic heterocycles. The van der Waals surface area contributed by atoms with Gasteiger partial charge in [-0.05, 0) is 13.8 Å². The first kappa shape index (κ1) is 18.9. The molecule has 0 unspecified atom stereocenters. The molecule has 0 atom stereocenters. The topological polar surface area (TPSA) is 58.1 Å². The molecule has 2 aromatic heterocycles. The fraction of sp³-hybridized carbons (Fsp3) is 0.211. The molecule has 0 saturated heterocycles. The van der Waals surface area contributed by atoms with Gasteiger partial charge in [-0.2, -0.15) is 0 Å². The Hall–Kier alpha value is -1.85. The van der Waals surface area contributed by atoms with Gasteiger partial charge in [0.05, 0.1) is 0 Å². The number of hydrogen-bond acceptors (Lipinski definition) is 5. The molecule has 1 aromatic carbocycles. The second-order valence-corrected chi connectivity index (χ2v) is 8.51. The van der Waals surface area contributed by atoms with Gasteiger partial charge in [-0.25, -0.2) is 0 Å². The molecule has 3 rings (SSSR count). The van der Waals surface area contributed by atoms with E-state index in [4.69, 9.17) is 0 Å². The van der Waals surface area contributed by atoms with E-state index in [1.54, 1.807) is 18.1 Å². The summed E-state index contributed by atoms with van der Waals surface area (Å²) in [6, 6.07) is 11.9. The maximum atomic E-state index is 12.8. The number of anilines is 2. The molecule has 1 N–H and O–H groups in total. The fourth-order valence-corrected chi connectivity index (χ4v) is 4.06. The zero-order chi connectivity index (χ0) is 18.7. The predicted octanol–water partition coefficient (Wildman–Crippen LogP) is 3.48. The molecular weight excluding hydrogens is 542 g/mol. The number of amides is 1. The van der Waals surface area contributed by atoms with Crippen LogP contribution in [0.3, 0.4) is 0 Å². The van der Waals surface area contributed by atoms with Crippen molar-refractivity contribution in [1.29, 1.82) is 0 Å². The van der Waals surface area contributed by atoms with E-state index in [0.717, 1.165) is 25.9 Å². The normalized spacial score (nSPS) is 10.8. The van der Waals surface area contributed by atoms with Crippen LogP contribution in [0.25, 0.3) is 11.3 Å². The van der Waals surface area contributed by atoms with Crippen LogP contribution in [0.1, 0.15) is 24.2 Å². The van der Waals surface area contributed by atoms with Gasteiger partial charge in [-0.1, -0.05) is 0 Å². The van der Waals surface area contributed by atoms with Crippen molar-refractivity contribution in [3.8, 4) is 11.3 Å². The van der Waals surface area contributed by atoms with Crippen LogP contribution in [0.5, 0.6) is 0 Å². The standard InChI is InChI=1S/C19H19AtN4OS/c1-12(2)22-17-10-13(8-9-21-17)16-11-26-19(23-16)24(3)18(25)14-6-4-5-7-15(14)20/h4-12H,1-3H3,(H,21,22). The quantitative estimate of drug-likeness (QED) is 0.519. The molecular formula is C19H19AtN4OS. The Kier molecular flexibility index (Phi) is 5.99. The molecule has 0 bridgehead atoms. The van der Waals surface area contributed by atoms with Crippen molar-refractivity contribution in [2.75, 3.05) is 17.3 Å². The van der Waals surface area contributed by atoms with Crippen LogP contribution in [-0.2, 0) is 0 Å². The van der Waals surface area contributed by atoms with E-state index in [2.05, 4.69) is 29.1 Å². The number of hydrogen-bond donors (Lipinski definition) is 1. The molecule has 0 spiro atoms. The van der Waals surface area contributed by atoms with E-state index in [1.165, 1.54) is 36.1 Å². The molecule has 26 heavy (non-hydrogen) atoms. The molecule has 0 radical (unpaired) electrons. The first-order chi connectivity index (χ1) is 12.5. The van der Waals surface area contributed by atoms with E-state index in [9.17, 15) is 4.79 Å². The number of benzene rings is 1. The van der Waals surface area contributed by atoms with E-state index in [1.807, 2.05) is 41.8 Å². The Morgan fingerprint density at radius 3 is 2.77 bits per heavy atom. The van der Waals surface area contributed by atoms with Crippen LogP contribution < -0.4 is 13.5 Å². The van der Waals surface area contributed by atoms with Crippen LogP contribution >= 0.6 is 11.3 Å². The fourth-order valence-electron chi connectivity index (χ4n) is 2.42. The van der Waals surface area contributed by atoms with Crippen LogP contribution in [0.15, 0.2) is 48.0 Å². The third kappa shape index (κ3) is 4.27. The predicted molar refractivity (Wildman–Crippen MR) is 103 cm³/mol. The Balaban J connectivity index is 1.83. The Bertz CT molecular complexity index is 925. The van der Waals surface area contributed by atoms with Crippen LogP contribution in [0, 0.1) is 24.7 Å². The SMILES string of the molecule is CC(C)Nc1cc(-c2csc(N(C)C(=O)c3ccccc3[At])n2)ccn1. The minimum atomic E-state index is -0.0408. The maximum absolute atomic E-state index is 12.8.